The summed E-state index contributed by atoms with van der Waals surface area (Å²) in [6.07, 6.45) is 0.892. The number of ketones is 1. The summed E-state index contributed by atoms with van der Waals surface area (Å²) in [4.78, 5) is 27.5. The summed E-state index contributed by atoms with van der Waals surface area (Å²) >= 11 is 0. The summed E-state index contributed by atoms with van der Waals surface area (Å²) in [6, 6.07) is 16.3. The van der Waals surface area contributed by atoms with Crippen LogP contribution in [0.5, 0.6) is 0 Å². The molecule has 0 aromatic heterocycles. The van der Waals surface area contributed by atoms with Gasteiger partial charge in [-0.15, -0.1) is 0 Å². The zero-order valence-electron chi connectivity index (χ0n) is 16.4. The minimum atomic E-state index is -0.938. The smallest absolute Gasteiger partial charge is 0.303 e. The molecule has 148 valence electrons. The molecule has 0 bridgehead atoms. The molecule has 2 aromatic rings. The van der Waals surface area contributed by atoms with E-state index in [0.717, 1.165) is 39.1 Å². The highest BCUT2D eigenvalue weighted by atomic mass is 16.4. The Morgan fingerprint density at radius 1 is 0.964 bits per heavy atom. The Morgan fingerprint density at radius 2 is 1.68 bits per heavy atom. The number of hydrogen-bond acceptors (Lipinski definition) is 4. The molecule has 0 radical (unpaired) electrons. The number of anilines is 1. The fourth-order valence-corrected chi connectivity index (χ4v) is 3.56. The number of rotatable bonds is 8. The Bertz CT molecular complexity index is 809. The second-order valence-electron chi connectivity index (χ2n) is 7.43. The highest BCUT2D eigenvalue weighted by Gasteiger charge is 2.17. The van der Waals surface area contributed by atoms with Gasteiger partial charge in [0.1, 0.15) is 0 Å². The third-order valence-corrected chi connectivity index (χ3v) is 5.30. The number of nitrogens with zero attached hydrogens (tertiary/aromatic N) is 2. The Hall–Kier alpha value is -2.66. The lowest BCUT2D eigenvalue weighted by molar-refractivity contribution is -0.136. The molecule has 1 heterocycles. The number of Topliss-reactive ketones (excluding diaryl/α,β-unsaturated/α-hetero) is 1. The Kier molecular flexibility index (Phi) is 6.82. The highest BCUT2D eigenvalue weighted by Crippen LogP contribution is 2.18. The number of aryl methyl sites for hydroxylation is 1. The monoisotopic (exact) mass is 380 g/mol. The molecule has 2 aromatic carbocycles. The van der Waals surface area contributed by atoms with Crippen LogP contribution in [0.1, 0.15) is 34.3 Å². The van der Waals surface area contributed by atoms with Gasteiger partial charge in [0.25, 0.3) is 0 Å². The van der Waals surface area contributed by atoms with Crippen molar-refractivity contribution in [2.24, 2.45) is 0 Å². The van der Waals surface area contributed by atoms with Gasteiger partial charge in [0.05, 0.1) is 6.42 Å². The first-order chi connectivity index (χ1) is 13.5. The van der Waals surface area contributed by atoms with Gasteiger partial charge in [0.2, 0.25) is 0 Å². The third kappa shape index (κ3) is 5.67. The van der Waals surface area contributed by atoms with E-state index in [1.807, 2.05) is 24.3 Å². The molecule has 1 aliphatic heterocycles. The molecule has 1 fully saturated rings. The summed E-state index contributed by atoms with van der Waals surface area (Å²) in [7, 11) is 0. The van der Waals surface area contributed by atoms with Gasteiger partial charge in [-0.25, -0.2) is 0 Å². The van der Waals surface area contributed by atoms with Gasteiger partial charge in [0, 0.05) is 50.4 Å². The summed E-state index contributed by atoms with van der Waals surface area (Å²) in [5.74, 6) is -1.05. The number of aliphatic carboxylic acids is 1. The van der Waals surface area contributed by atoms with Gasteiger partial charge in [-0.3, -0.25) is 14.5 Å². The number of carboxylic acids is 1. The van der Waals surface area contributed by atoms with Crippen molar-refractivity contribution in [1.82, 2.24) is 4.90 Å². The summed E-state index contributed by atoms with van der Waals surface area (Å²) in [5, 5.41) is 8.68. The van der Waals surface area contributed by atoms with Crippen molar-refractivity contribution in [3.8, 4) is 0 Å². The predicted molar refractivity (Wildman–Crippen MR) is 111 cm³/mol. The molecule has 0 unspecified atom stereocenters. The number of carbonyl (C=O) groups is 2. The number of benzene rings is 2. The molecular weight excluding hydrogens is 352 g/mol. The molecule has 0 aliphatic carbocycles. The maximum Gasteiger partial charge on any atom is 0.303 e. The second kappa shape index (κ2) is 9.51. The van der Waals surface area contributed by atoms with Crippen LogP contribution in [0.25, 0.3) is 0 Å². The summed E-state index contributed by atoms with van der Waals surface area (Å²) < 4.78 is 0. The van der Waals surface area contributed by atoms with Crippen molar-refractivity contribution < 1.29 is 14.7 Å². The van der Waals surface area contributed by atoms with E-state index < -0.39 is 5.97 Å². The molecule has 0 amide bonds. The van der Waals surface area contributed by atoms with E-state index in [0.29, 0.717) is 5.56 Å². The maximum absolute atomic E-state index is 12.0. The number of hydrogen-bond donors (Lipinski definition) is 1. The molecule has 28 heavy (non-hydrogen) atoms. The molecule has 0 saturated carbocycles. The highest BCUT2D eigenvalue weighted by molar-refractivity contribution is 5.97. The van der Waals surface area contributed by atoms with Crippen molar-refractivity contribution in [1.29, 1.82) is 0 Å². The van der Waals surface area contributed by atoms with Gasteiger partial charge in [0.15, 0.2) is 5.78 Å². The van der Waals surface area contributed by atoms with E-state index in [9.17, 15) is 9.59 Å². The maximum atomic E-state index is 12.0. The fourth-order valence-electron chi connectivity index (χ4n) is 3.56. The Labute approximate surface area is 166 Å². The summed E-state index contributed by atoms with van der Waals surface area (Å²) in [5.41, 5.74) is 4.40. The zero-order valence-corrected chi connectivity index (χ0v) is 16.4. The molecule has 0 spiro atoms. The largest absolute Gasteiger partial charge is 0.481 e. The van der Waals surface area contributed by atoms with E-state index in [2.05, 4.69) is 41.0 Å². The summed E-state index contributed by atoms with van der Waals surface area (Å²) in [6.45, 7) is 7.33. The zero-order chi connectivity index (χ0) is 19.9. The average molecular weight is 380 g/mol. The van der Waals surface area contributed by atoms with E-state index in [4.69, 9.17) is 5.11 Å². The fraction of sp³-hybridized carbons (Fsp3) is 0.391. The second-order valence-corrected chi connectivity index (χ2v) is 7.43. The Morgan fingerprint density at radius 3 is 2.32 bits per heavy atom. The van der Waals surface area contributed by atoms with Crippen LogP contribution in [0.15, 0.2) is 48.5 Å². The first-order valence-corrected chi connectivity index (χ1v) is 9.89. The van der Waals surface area contributed by atoms with Gasteiger partial charge in [-0.1, -0.05) is 36.4 Å². The minimum Gasteiger partial charge on any atom is -0.481 e. The first kappa shape index (κ1) is 20.1. The van der Waals surface area contributed by atoms with Crippen molar-refractivity contribution in [3.63, 3.8) is 0 Å². The van der Waals surface area contributed by atoms with E-state index in [1.54, 1.807) is 0 Å². The number of carbonyl (C=O) groups excluding carboxylic acids is 1. The van der Waals surface area contributed by atoms with Crippen LogP contribution in [-0.2, 0) is 11.2 Å². The minimum absolute atomic E-state index is 0.0555. The molecule has 1 saturated heterocycles. The number of piperazine rings is 1. The van der Waals surface area contributed by atoms with Crippen LogP contribution >= 0.6 is 0 Å². The van der Waals surface area contributed by atoms with E-state index in [-0.39, 0.29) is 18.6 Å². The van der Waals surface area contributed by atoms with Crippen LogP contribution < -0.4 is 4.90 Å². The topological polar surface area (TPSA) is 60.9 Å². The van der Waals surface area contributed by atoms with Crippen LogP contribution in [-0.4, -0.2) is 54.5 Å². The normalized spacial score (nSPS) is 14.8. The first-order valence-electron chi connectivity index (χ1n) is 9.89. The molecular formula is C23H28N2O3. The molecule has 3 rings (SSSR count). The van der Waals surface area contributed by atoms with E-state index >= 15 is 0 Å². The van der Waals surface area contributed by atoms with Crippen molar-refractivity contribution >= 4 is 17.4 Å². The quantitative estimate of drug-likeness (QED) is 0.711. The predicted octanol–water partition coefficient (Wildman–Crippen LogP) is 3.41. The van der Waals surface area contributed by atoms with Crippen molar-refractivity contribution in [2.45, 2.75) is 26.2 Å². The van der Waals surface area contributed by atoms with Crippen molar-refractivity contribution in [3.05, 3.63) is 65.2 Å². The molecule has 5 nitrogen and oxygen atoms in total. The average Bonchev–Trinajstić information content (AvgIpc) is 2.71. The number of carboxylic acid groups (broad SMARTS) is 1. The van der Waals surface area contributed by atoms with Crippen molar-refractivity contribution in [2.75, 3.05) is 37.6 Å². The molecule has 5 heteroatoms. The van der Waals surface area contributed by atoms with Crippen LogP contribution in [0.3, 0.4) is 0 Å². The van der Waals surface area contributed by atoms with E-state index in [1.165, 1.54) is 16.8 Å². The standard InChI is InChI=1S/C23H28N2O3/c1-18-3-2-4-21(17-18)25-15-13-24(14-16-25)12-11-19-5-7-20(8-6-19)22(26)9-10-23(27)28/h2-8,17H,9-16H2,1H3,(H,27,28). The van der Waals surface area contributed by atoms with Gasteiger partial charge >= 0.3 is 5.97 Å². The molecule has 1 N–H and O–H groups in total. The SMILES string of the molecule is Cc1cccc(N2CCN(CCc3ccc(C(=O)CCC(=O)O)cc3)CC2)c1. The van der Waals surface area contributed by atoms with Crippen LogP contribution in [0.2, 0.25) is 0 Å². The lowest BCUT2D eigenvalue weighted by Gasteiger charge is -2.36. The van der Waals surface area contributed by atoms with Gasteiger partial charge in [-0.2, -0.15) is 0 Å². The third-order valence-electron chi connectivity index (χ3n) is 5.30. The van der Waals surface area contributed by atoms with Gasteiger partial charge in [-0.05, 0) is 36.6 Å². The van der Waals surface area contributed by atoms with Crippen LogP contribution in [0.4, 0.5) is 5.69 Å². The van der Waals surface area contributed by atoms with Crippen LogP contribution in [0, 0.1) is 6.92 Å². The molecule has 0 atom stereocenters. The lowest BCUT2D eigenvalue weighted by Crippen LogP contribution is -2.47. The lowest BCUT2D eigenvalue weighted by atomic mass is 10.0. The molecule has 1 aliphatic rings. The Balaban J connectivity index is 1.44. The van der Waals surface area contributed by atoms with Gasteiger partial charge < -0.3 is 10.0 Å².